The molecule has 0 aliphatic rings. The van der Waals surface area contributed by atoms with Crippen molar-refractivity contribution in [3.05, 3.63) is 62.7 Å². The summed E-state index contributed by atoms with van der Waals surface area (Å²) in [5.74, 6) is -0.0897. The van der Waals surface area contributed by atoms with Crippen LogP contribution in [0.25, 0.3) is 0 Å². The van der Waals surface area contributed by atoms with Gasteiger partial charge in [0, 0.05) is 22.7 Å². The molecule has 0 spiro atoms. The van der Waals surface area contributed by atoms with Gasteiger partial charge in [0.2, 0.25) is 0 Å². The number of aryl methyl sites for hydroxylation is 1. The fraction of sp³-hybridized carbons (Fsp3) is 0.0714. The van der Waals surface area contributed by atoms with Gasteiger partial charge in [-0.3, -0.25) is 15.5 Å². The molecule has 0 bridgehead atoms. The number of nitro benzene ring substituents is 1. The van der Waals surface area contributed by atoms with Crippen molar-refractivity contribution >= 4 is 29.2 Å². The van der Waals surface area contributed by atoms with Gasteiger partial charge >= 0.3 is 0 Å². The molecule has 2 rings (SSSR count). The van der Waals surface area contributed by atoms with Crippen molar-refractivity contribution in [3.63, 3.8) is 0 Å². The highest BCUT2D eigenvalue weighted by Crippen LogP contribution is 2.22. The van der Waals surface area contributed by atoms with Crippen LogP contribution in [0.2, 0.25) is 5.02 Å². The number of hydrazone groups is 1. The summed E-state index contributed by atoms with van der Waals surface area (Å²) in [7, 11) is 0. The lowest BCUT2D eigenvalue weighted by Crippen LogP contribution is -1.93. The van der Waals surface area contributed by atoms with Crippen molar-refractivity contribution < 1.29 is 10.0 Å². The number of nitro groups is 1. The molecule has 0 saturated carbocycles. The summed E-state index contributed by atoms with van der Waals surface area (Å²) in [5.41, 5.74) is 4.49. The molecule has 108 valence electrons. The van der Waals surface area contributed by atoms with Gasteiger partial charge in [-0.15, -0.1) is 0 Å². The zero-order valence-electron chi connectivity index (χ0n) is 11.1. The number of hydrogen-bond acceptors (Lipinski definition) is 5. The topological polar surface area (TPSA) is 87.8 Å². The minimum Gasteiger partial charge on any atom is -0.507 e. The van der Waals surface area contributed by atoms with Crippen LogP contribution in [-0.4, -0.2) is 16.2 Å². The molecule has 0 amide bonds. The van der Waals surface area contributed by atoms with Crippen molar-refractivity contribution in [2.24, 2.45) is 5.10 Å². The molecule has 0 unspecified atom stereocenters. The lowest BCUT2D eigenvalue weighted by molar-refractivity contribution is -0.384. The number of rotatable bonds is 4. The largest absolute Gasteiger partial charge is 0.507 e. The Morgan fingerprint density at radius 3 is 2.76 bits per heavy atom. The van der Waals surface area contributed by atoms with Crippen LogP contribution < -0.4 is 5.43 Å². The highest BCUT2D eigenvalue weighted by atomic mass is 35.5. The number of hydrogen-bond donors (Lipinski definition) is 2. The molecule has 0 radical (unpaired) electrons. The Hall–Kier alpha value is -2.60. The van der Waals surface area contributed by atoms with Gasteiger partial charge in [0.05, 0.1) is 16.8 Å². The van der Waals surface area contributed by atoms with Gasteiger partial charge in [-0.05, 0) is 30.7 Å². The molecule has 2 N–H and O–H groups in total. The first-order valence-corrected chi connectivity index (χ1v) is 6.38. The first-order chi connectivity index (χ1) is 9.97. The van der Waals surface area contributed by atoms with E-state index in [1.165, 1.54) is 24.4 Å². The maximum atomic E-state index is 10.7. The molecule has 21 heavy (non-hydrogen) atoms. The second kappa shape index (κ2) is 6.23. The van der Waals surface area contributed by atoms with Gasteiger partial charge in [0.15, 0.2) is 0 Å². The van der Waals surface area contributed by atoms with Gasteiger partial charge in [-0.25, -0.2) is 0 Å². The minimum atomic E-state index is -0.538. The molecule has 6 nitrogen and oxygen atoms in total. The average molecular weight is 306 g/mol. The van der Waals surface area contributed by atoms with E-state index >= 15 is 0 Å². The minimum absolute atomic E-state index is 0.0897. The van der Waals surface area contributed by atoms with Gasteiger partial charge < -0.3 is 5.11 Å². The van der Waals surface area contributed by atoms with Crippen molar-refractivity contribution in [2.45, 2.75) is 6.92 Å². The first kappa shape index (κ1) is 14.8. The van der Waals surface area contributed by atoms with Gasteiger partial charge in [-0.2, -0.15) is 5.10 Å². The Balaban J connectivity index is 2.15. The lowest BCUT2D eigenvalue weighted by Gasteiger charge is -2.03. The van der Waals surface area contributed by atoms with Gasteiger partial charge in [0.1, 0.15) is 5.75 Å². The van der Waals surface area contributed by atoms with E-state index in [9.17, 15) is 15.2 Å². The van der Waals surface area contributed by atoms with E-state index in [-0.39, 0.29) is 17.0 Å². The van der Waals surface area contributed by atoms with Crippen LogP contribution in [-0.2, 0) is 0 Å². The number of phenols is 1. The maximum Gasteiger partial charge on any atom is 0.270 e. The number of benzene rings is 2. The molecule has 0 atom stereocenters. The summed E-state index contributed by atoms with van der Waals surface area (Å²) in [6.07, 6.45) is 1.30. The third-order valence-electron chi connectivity index (χ3n) is 2.79. The van der Waals surface area contributed by atoms with Crippen molar-refractivity contribution in [2.75, 3.05) is 5.43 Å². The van der Waals surface area contributed by atoms with Crippen molar-refractivity contribution in [3.8, 4) is 5.75 Å². The van der Waals surface area contributed by atoms with E-state index < -0.39 is 4.92 Å². The van der Waals surface area contributed by atoms with E-state index in [0.29, 0.717) is 10.7 Å². The zero-order chi connectivity index (χ0) is 15.4. The summed E-state index contributed by atoms with van der Waals surface area (Å²) < 4.78 is 0. The number of halogens is 1. The number of non-ortho nitro benzene ring substituents is 1. The van der Waals surface area contributed by atoms with Crippen LogP contribution in [0.4, 0.5) is 11.4 Å². The van der Waals surface area contributed by atoms with E-state index in [1.54, 1.807) is 12.1 Å². The molecule has 0 aromatic heterocycles. The predicted molar refractivity (Wildman–Crippen MR) is 82.2 cm³/mol. The fourth-order valence-electron chi connectivity index (χ4n) is 1.60. The Morgan fingerprint density at radius 2 is 2.10 bits per heavy atom. The van der Waals surface area contributed by atoms with Crippen LogP contribution in [0.5, 0.6) is 5.75 Å². The van der Waals surface area contributed by atoms with Gasteiger partial charge in [-0.1, -0.05) is 17.7 Å². The first-order valence-electron chi connectivity index (χ1n) is 6.00. The third kappa shape index (κ3) is 3.70. The predicted octanol–water partition coefficient (Wildman–Crippen LogP) is 3.71. The van der Waals surface area contributed by atoms with Crippen LogP contribution in [0.1, 0.15) is 11.1 Å². The molecule has 2 aromatic carbocycles. The summed E-state index contributed by atoms with van der Waals surface area (Å²) in [6, 6.07) is 9.06. The molecule has 0 heterocycles. The molecule has 0 aliphatic heterocycles. The van der Waals surface area contributed by atoms with Crippen molar-refractivity contribution in [1.82, 2.24) is 0 Å². The molecule has 0 saturated heterocycles. The van der Waals surface area contributed by atoms with Crippen LogP contribution in [0, 0.1) is 17.0 Å². The summed E-state index contributed by atoms with van der Waals surface area (Å²) >= 11 is 5.98. The third-order valence-corrected chi connectivity index (χ3v) is 3.20. The highest BCUT2D eigenvalue weighted by molar-refractivity contribution is 6.31. The molecular weight excluding hydrogens is 294 g/mol. The SMILES string of the molecule is Cc1ccc(N/N=C/c2cc([N+](=O)[O-])ccc2O)cc1Cl. The highest BCUT2D eigenvalue weighted by Gasteiger charge is 2.08. The number of nitrogens with zero attached hydrogens (tertiary/aromatic N) is 2. The zero-order valence-corrected chi connectivity index (χ0v) is 11.8. The molecule has 0 aliphatic carbocycles. The number of anilines is 1. The quantitative estimate of drug-likeness (QED) is 0.512. The normalized spacial score (nSPS) is 10.8. The van der Waals surface area contributed by atoms with Crippen LogP contribution >= 0.6 is 11.6 Å². The van der Waals surface area contributed by atoms with E-state index in [2.05, 4.69) is 10.5 Å². The second-order valence-electron chi connectivity index (χ2n) is 4.33. The molecule has 0 fully saturated rings. The summed E-state index contributed by atoms with van der Waals surface area (Å²) in [4.78, 5) is 10.1. The van der Waals surface area contributed by atoms with Crippen molar-refractivity contribution in [1.29, 1.82) is 0 Å². The smallest absolute Gasteiger partial charge is 0.270 e. The molecule has 2 aromatic rings. The molecular formula is C14H12ClN3O3. The molecule has 7 heteroatoms. The monoisotopic (exact) mass is 305 g/mol. The summed E-state index contributed by atoms with van der Waals surface area (Å²) in [6.45, 7) is 1.89. The maximum absolute atomic E-state index is 10.7. The second-order valence-corrected chi connectivity index (χ2v) is 4.74. The van der Waals surface area contributed by atoms with Gasteiger partial charge in [0.25, 0.3) is 5.69 Å². The van der Waals surface area contributed by atoms with Crippen LogP contribution in [0.3, 0.4) is 0 Å². The fourth-order valence-corrected chi connectivity index (χ4v) is 1.78. The van der Waals surface area contributed by atoms with Crippen LogP contribution in [0.15, 0.2) is 41.5 Å². The Bertz CT molecular complexity index is 717. The number of aromatic hydroxyl groups is 1. The Morgan fingerprint density at radius 1 is 1.33 bits per heavy atom. The Labute approximate surface area is 125 Å². The van der Waals surface area contributed by atoms with E-state index in [1.807, 2.05) is 13.0 Å². The average Bonchev–Trinajstić information content (AvgIpc) is 2.44. The van der Waals surface area contributed by atoms with E-state index in [0.717, 1.165) is 5.56 Å². The standard InChI is InChI=1S/C14H12ClN3O3/c1-9-2-3-11(7-13(9)15)17-16-8-10-6-12(18(20)21)4-5-14(10)19/h2-8,17,19H,1H3/b16-8+. The van der Waals surface area contributed by atoms with E-state index in [4.69, 9.17) is 11.6 Å². The number of nitrogens with one attached hydrogen (secondary N) is 1. The lowest BCUT2D eigenvalue weighted by atomic mass is 10.2. The Kier molecular flexibility index (Phi) is 4.39. The summed E-state index contributed by atoms with van der Waals surface area (Å²) in [5, 5.41) is 24.8. The number of phenolic OH excluding ortho intramolecular Hbond substituents is 1.